The molecule has 0 aliphatic heterocycles. The molecule has 0 saturated carbocycles. The number of carbonyl (C=O) groups is 1. The third kappa shape index (κ3) is 4.65. The van der Waals surface area contributed by atoms with Gasteiger partial charge in [0.2, 0.25) is 0 Å². The van der Waals surface area contributed by atoms with Crippen LogP contribution in [0, 0.1) is 0 Å². The first kappa shape index (κ1) is 11.8. The van der Waals surface area contributed by atoms with E-state index >= 15 is 0 Å². The largest absolute Gasteiger partial charge is 0.333 e. The number of amides is 2. The fourth-order valence-electron chi connectivity index (χ4n) is 0.961. The molecular weight excluding hydrogens is 214 g/mol. The number of urea groups is 1. The summed E-state index contributed by atoms with van der Waals surface area (Å²) in [4.78, 5) is 15.4. The van der Waals surface area contributed by atoms with E-state index in [1.807, 2.05) is 20.8 Å². The predicted octanol–water partition coefficient (Wildman–Crippen LogP) is 2.66. The Morgan fingerprint density at radius 1 is 1.47 bits per heavy atom. The van der Waals surface area contributed by atoms with Gasteiger partial charge in [0.15, 0.2) is 0 Å². The third-order valence-electron chi connectivity index (χ3n) is 1.45. The molecule has 0 radical (unpaired) electrons. The molecule has 1 heterocycles. The lowest BCUT2D eigenvalue weighted by atomic mass is 10.1. The molecule has 1 aromatic rings. The SMILES string of the molecule is CC(C)(C)NC(=O)Nc1cc(Cl)ccn1. The molecule has 0 aliphatic carbocycles. The number of halogens is 1. The van der Waals surface area contributed by atoms with Gasteiger partial charge >= 0.3 is 6.03 Å². The van der Waals surface area contributed by atoms with Gasteiger partial charge in [-0.15, -0.1) is 0 Å². The van der Waals surface area contributed by atoms with E-state index < -0.39 is 0 Å². The van der Waals surface area contributed by atoms with Gasteiger partial charge in [0, 0.05) is 16.8 Å². The zero-order chi connectivity index (χ0) is 11.5. The molecule has 2 amide bonds. The summed E-state index contributed by atoms with van der Waals surface area (Å²) in [6, 6.07) is 2.94. The van der Waals surface area contributed by atoms with Gasteiger partial charge in [0.25, 0.3) is 0 Å². The molecule has 0 saturated heterocycles. The highest BCUT2D eigenvalue weighted by Crippen LogP contribution is 2.11. The van der Waals surface area contributed by atoms with Crippen LogP contribution >= 0.6 is 11.6 Å². The molecule has 0 aromatic carbocycles. The van der Waals surface area contributed by atoms with Crippen LogP contribution in [-0.2, 0) is 0 Å². The van der Waals surface area contributed by atoms with Crippen LogP contribution in [0.25, 0.3) is 0 Å². The quantitative estimate of drug-likeness (QED) is 0.775. The fourth-order valence-corrected chi connectivity index (χ4v) is 1.12. The van der Waals surface area contributed by atoms with E-state index in [0.717, 1.165) is 0 Å². The van der Waals surface area contributed by atoms with Gasteiger partial charge in [-0.25, -0.2) is 9.78 Å². The van der Waals surface area contributed by atoms with Gasteiger partial charge in [0.1, 0.15) is 5.82 Å². The maximum Gasteiger partial charge on any atom is 0.320 e. The van der Waals surface area contributed by atoms with Crippen molar-refractivity contribution in [3.63, 3.8) is 0 Å². The Balaban J connectivity index is 2.59. The van der Waals surface area contributed by atoms with E-state index in [4.69, 9.17) is 11.6 Å². The second-order valence-electron chi connectivity index (χ2n) is 4.19. The summed E-state index contributed by atoms with van der Waals surface area (Å²) in [6.45, 7) is 5.70. The molecule has 0 atom stereocenters. The van der Waals surface area contributed by atoms with Crippen LogP contribution in [0.4, 0.5) is 10.6 Å². The second-order valence-corrected chi connectivity index (χ2v) is 4.62. The Morgan fingerprint density at radius 2 is 2.13 bits per heavy atom. The minimum Gasteiger partial charge on any atom is -0.333 e. The van der Waals surface area contributed by atoms with Gasteiger partial charge < -0.3 is 5.32 Å². The van der Waals surface area contributed by atoms with Crippen molar-refractivity contribution in [1.29, 1.82) is 0 Å². The molecule has 2 N–H and O–H groups in total. The maximum atomic E-state index is 11.4. The highest BCUT2D eigenvalue weighted by atomic mass is 35.5. The average Bonchev–Trinajstić information content (AvgIpc) is 1.99. The number of rotatable bonds is 1. The number of nitrogens with one attached hydrogen (secondary N) is 2. The van der Waals surface area contributed by atoms with Crippen molar-refractivity contribution in [2.45, 2.75) is 26.3 Å². The van der Waals surface area contributed by atoms with E-state index in [1.54, 1.807) is 12.1 Å². The Bertz CT molecular complexity index is 360. The summed E-state index contributed by atoms with van der Waals surface area (Å²) in [7, 11) is 0. The van der Waals surface area contributed by atoms with Gasteiger partial charge in [-0.1, -0.05) is 11.6 Å². The monoisotopic (exact) mass is 227 g/mol. The molecule has 0 bridgehead atoms. The lowest BCUT2D eigenvalue weighted by Gasteiger charge is -2.20. The number of anilines is 1. The lowest BCUT2D eigenvalue weighted by molar-refractivity contribution is 0.243. The third-order valence-corrected chi connectivity index (χ3v) is 1.69. The van der Waals surface area contributed by atoms with Crippen LogP contribution < -0.4 is 10.6 Å². The molecule has 0 aliphatic rings. The predicted molar refractivity (Wildman–Crippen MR) is 61.2 cm³/mol. The Morgan fingerprint density at radius 3 is 2.67 bits per heavy atom. The second kappa shape index (κ2) is 4.49. The van der Waals surface area contributed by atoms with E-state index in [0.29, 0.717) is 10.8 Å². The fraction of sp³-hybridized carbons (Fsp3) is 0.400. The zero-order valence-corrected chi connectivity index (χ0v) is 9.72. The van der Waals surface area contributed by atoms with Crippen molar-refractivity contribution >= 4 is 23.4 Å². The highest BCUT2D eigenvalue weighted by molar-refractivity contribution is 6.30. The van der Waals surface area contributed by atoms with Crippen molar-refractivity contribution < 1.29 is 4.79 Å². The first-order valence-electron chi connectivity index (χ1n) is 4.57. The lowest BCUT2D eigenvalue weighted by Crippen LogP contribution is -2.43. The number of pyridine rings is 1. The summed E-state index contributed by atoms with van der Waals surface area (Å²) in [5, 5.41) is 5.89. The molecular formula is C10H14ClN3O. The van der Waals surface area contributed by atoms with Crippen LogP contribution in [0.15, 0.2) is 18.3 Å². The van der Waals surface area contributed by atoms with Crippen LogP contribution in [-0.4, -0.2) is 16.6 Å². The van der Waals surface area contributed by atoms with Crippen LogP contribution in [0.1, 0.15) is 20.8 Å². The van der Waals surface area contributed by atoms with E-state index in [9.17, 15) is 4.79 Å². The van der Waals surface area contributed by atoms with Crippen LogP contribution in [0.3, 0.4) is 0 Å². The molecule has 5 heteroatoms. The molecule has 82 valence electrons. The van der Waals surface area contributed by atoms with Gasteiger partial charge in [-0.05, 0) is 32.9 Å². The molecule has 4 nitrogen and oxygen atoms in total. The summed E-state index contributed by atoms with van der Waals surface area (Å²) in [6.07, 6.45) is 1.54. The molecule has 15 heavy (non-hydrogen) atoms. The minimum atomic E-state index is -0.294. The van der Waals surface area contributed by atoms with Crippen LogP contribution in [0.5, 0.6) is 0 Å². The maximum absolute atomic E-state index is 11.4. The Labute approximate surface area is 94.0 Å². The van der Waals surface area contributed by atoms with Crippen molar-refractivity contribution in [3.05, 3.63) is 23.4 Å². The van der Waals surface area contributed by atoms with Crippen molar-refractivity contribution in [1.82, 2.24) is 10.3 Å². The smallest absolute Gasteiger partial charge is 0.320 e. The van der Waals surface area contributed by atoms with Gasteiger partial charge in [-0.3, -0.25) is 5.32 Å². The Hall–Kier alpha value is -1.29. The summed E-state index contributed by atoms with van der Waals surface area (Å²) in [5.41, 5.74) is -0.275. The summed E-state index contributed by atoms with van der Waals surface area (Å²) >= 11 is 5.75. The van der Waals surface area contributed by atoms with Gasteiger partial charge in [-0.2, -0.15) is 0 Å². The van der Waals surface area contributed by atoms with Crippen molar-refractivity contribution in [2.75, 3.05) is 5.32 Å². The molecule has 1 rings (SSSR count). The molecule has 0 unspecified atom stereocenters. The van der Waals surface area contributed by atoms with Gasteiger partial charge in [0.05, 0.1) is 0 Å². The number of hydrogen-bond donors (Lipinski definition) is 2. The highest BCUT2D eigenvalue weighted by Gasteiger charge is 2.13. The first-order chi connectivity index (χ1) is 6.87. The summed E-state index contributed by atoms with van der Waals surface area (Å²) in [5.74, 6) is 0.434. The number of nitrogens with zero attached hydrogens (tertiary/aromatic N) is 1. The average molecular weight is 228 g/mol. The summed E-state index contributed by atoms with van der Waals surface area (Å²) < 4.78 is 0. The first-order valence-corrected chi connectivity index (χ1v) is 4.95. The standard InChI is InChI=1S/C10H14ClN3O/c1-10(2,3)14-9(15)13-8-6-7(11)4-5-12-8/h4-6H,1-3H3,(H2,12,13,14,15). The number of aromatic nitrogens is 1. The molecule has 0 fully saturated rings. The topological polar surface area (TPSA) is 54.0 Å². The normalized spacial score (nSPS) is 10.9. The number of hydrogen-bond acceptors (Lipinski definition) is 2. The van der Waals surface area contributed by atoms with E-state index in [-0.39, 0.29) is 11.6 Å². The zero-order valence-electron chi connectivity index (χ0n) is 8.97. The molecule has 1 aromatic heterocycles. The van der Waals surface area contributed by atoms with Crippen molar-refractivity contribution in [2.24, 2.45) is 0 Å². The van der Waals surface area contributed by atoms with E-state index in [1.165, 1.54) is 6.20 Å². The number of carbonyl (C=O) groups excluding carboxylic acids is 1. The minimum absolute atomic E-state index is 0.275. The molecule has 0 spiro atoms. The van der Waals surface area contributed by atoms with E-state index in [2.05, 4.69) is 15.6 Å². The van der Waals surface area contributed by atoms with Crippen LogP contribution in [0.2, 0.25) is 5.02 Å². The Kier molecular flexibility index (Phi) is 3.52. The van der Waals surface area contributed by atoms with Crippen molar-refractivity contribution in [3.8, 4) is 0 Å².